The number of nitrogens with zero attached hydrogens (tertiary/aromatic N) is 3. The summed E-state index contributed by atoms with van der Waals surface area (Å²) in [6, 6.07) is 31.6. The first-order chi connectivity index (χ1) is 19.5. The van der Waals surface area contributed by atoms with Crippen molar-refractivity contribution in [3.8, 4) is 0 Å². The van der Waals surface area contributed by atoms with Crippen molar-refractivity contribution in [2.75, 3.05) is 31.5 Å². The molecular formula is C33H31FN4O2. The molecule has 2 aliphatic rings. The Labute approximate surface area is 233 Å². The molecule has 1 saturated heterocycles. The minimum absolute atomic E-state index is 0.0326. The van der Waals surface area contributed by atoms with Crippen LogP contribution in [0.4, 0.5) is 10.1 Å². The maximum atomic E-state index is 13.4. The largest absolute Gasteiger partial charge is 0.361 e. The summed E-state index contributed by atoms with van der Waals surface area (Å²) in [4.78, 5) is 32.5. The zero-order valence-electron chi connectivity index (χ0n) is 22.2. The van der Waals surface area contributed by atoms with Gasteiger partial charge >= 0.3 is 0 Å². The zero-order chi connectivity index (χ0) is 27.5. The molecule has 1 fully saturated rings. The van der Waals surface area contributed by atoms with Crippen molar-refractivity contribution in [2.45, 2.75) is 19.3 Å². The number of halogens is 1. The summed E-state index contributed by atoms with van der Waals surface area (Å²) >= 11 is 0. The molecule has 4 aromatic carbocycles. The van der Waals surface area contributed by atoms with Gasteiger partial charge in [-0.1, -0.05) is 60.7 Å². The van der Waals surface area contributed by atoms with Crippen LogP contribution in [0.2, 0.25) is 0 Å². The van der Waals surface area contributed by atoms with Crippen LogP contribution in [0.25, 0.3) is 0 Å². The van der Waals surface area contributed by atoms with Crippen molar-refractivity contribution >= 4 is 17.5 Å². The Bertz CT molecular complexity index is 1480. The Morgan fingerprint density at radius 2 is 1.40 bits per heavy atom. The van der Waals surface area contributed by atoms with Gasteiger partial charge in [-0.2, -0.15) is 0 Å². The van der Waals surface area contributed by atoms with Crippen LogP contribution in [0.1, 0.15) is 43.6 Å². The lowest BCUT2D eigenvalue weighted by Gasteiger charge is -2.34. The molecule has 0 aliphatic carbocycles. The molecule has 40 heavy (non-hydrogen) atoms. The number of fused-ring (bicyclic) bond motifs is 1. The molecule has 0 spiro atoms. The Morgan fingerprint density at radius 1 is 0.750 bits per heavy atom. The van der Waals surface area contributed by atoms with E-state index >= 15 is 0 Å². The van der Waals surface area contributed by atoms with Crippen LogP contribution in [-0.2, 0) is 13.1 Å². The average Bonchev–Trinajstić information content (AvgIpc) is 3.25. The van der Waals surface area contributed by atoms with Gasteiger partial charge in [0.05, 0.1) is 0 Å². The van der Waals surface area contributed by atoms with E-state index in [1.165, 1.54) is 17.7 Å². The highest BCUT2D eigenvalue weighted by Crippen LogP contribution is 2.35. The van der Waals surface area contributed by atoms with Crippen LogP contribution < -0.4 is 5.32 Å². The Morgan fingerprint density at radius 3 is 2.12 bits per heavy atom. The van der Waals surface area contributed by atoms with E-state index in [1.807, 2.05) is 59.5 Å². The summed E-state index contributed by atoms with van der Waals surface area (Å²) in [5, 5.41) is 3.48. The van der Waals surface area contributed by atoms with Crippen molar-refractivity contribution in [3.63, 3.8) is 0 Å². The molecule has 2 amide bonds. The molecule has 0 unspecified atom stereocenters. The second kappa shape index (κ2) is 11.3. The van der Waals surface area contributed by atoms with Crippen LogP contribution in [0.5, 0.6) is 0 Å². The third kappa shape index (κ3) is 5.46. The van der Waals surface area contributed by atoms with Gasteiger partial charge in [0.25, 0.3) is 11.8 Å². The lowest BCUT2D eigenvalue weighted by atomic mass is 10.1. The number of benzene rings is 4. The number of hydrogen-bond acceptors (Lipinski definition) is 4. The van der Waals surface area contributed by atoms with Gasteiger partial charge < -0.3 is 15.1 Å². The minimum atomic E-state index is -0.381. The Balaban J connectivity index is 1.11. The molecule has 0 saturated carbocycles. The number of carbonyl (C=O) groups is 2. The second-order valence-electron chi connectivity index (χ2n) is 10.3. The third-order valence-electron chi connectivity index (χ3n) is 7.67. The van der Waals surface area contributed by atoms with Crippen molar-refractivity contribution in [2.24, 2.45) is 0 Å². The van der Waals surface area contributed by atoms with Crippen LogP contribution in [0.3, 0.4) is 0 Å². The molecule has 6 rings (SSSR count). The molecule has 2 aliphatic heterocycles. The fourth-order valence-electron chi connectivity index (χ4n) is 5.48. The Hall–Kier alpha value is -4.49. The molecule has 0 radical (unpaired) electrons. The molecule has 2 heterocycles. The normalized spacial score (nSPS) is 17.1. The average molecular weight is 535 g/mol. The lowest BCUT2D eigenvalue weighted by Crippen LogP contribution is -2.48. The predicted octanol–water partition coefficient (Wildman–Crippen LogP) is 5.55. The van der Waals surface area contributed by atoms with Gasteiger partial charge in [0.2, 0.25) is 0 Å². The number of carbonyl (C=O) groups excluding carboxylic acids is 2. The minimum Gasteiger partial charge on any atom is -0.361 e. The van der Waals surface area contributed by atoms with Crippen LogP contribution >= 0.6 is 0 Å². The third-order valence-corrected chi connectivity index (χ3v) is 7.67. The highest BCUT2D eigenvalue weighted by molar-refractivity contribution is 5.99. The topological polar surface area (TPSA) is 55.9 Å². The summed E-state index contributed by atoms with van der Waals surface area (Å²) in [5.41, 5.74) is 5.13. The van der Waals surface area contributed by atoms with E-state index in [0.29, 0.717) is 30.8 Å². The summed E-state index contributed by atoms with van der Waals surface area (Å²) in [6.45, 7) is 4.33. The standard InChI is InChI=1S/C33H31FN4O2/c34-27-14-10-25(11-15-27)23-38-31(29-8-4-5-9-30(29)33(38)40)35-28-16-12-26(13-17-28)32(39)37-20-18-36(19-21-37)22-24-6-2-1-3-7-24/h1-17,31,35H,18-23H2/t31-/m0/s1. The quantitative estimate of drug-likeness (QED) is 0.338. The van der Waals surface area contributed by atoms with Gasteiger partial charge in [-0.05, 0) is 53.6 Å². The van der Waals surface area contributed by atoms with E-state index in [1.54, 1.807) is 17.0 Å². The summed E-state index contributed by atoms with van der Waals surface area (Å²) < 4.78 is 13.4. The number of nitrogens with one attached hydrogen (secondary N) is 1. The van der Waals surface area contributed by atoms with E-state index in [2.05, 4.69) is 34.5 Å². The van der Waals surface area contributed by atoms with Crippen molar-refractivity contribution < 1.29 is 14.0 Å². The number of anilines is 1. The zero-order valence-corrected chi connectivity index (χ0v) is 22.2. The monoisotopic (exact) mass is 534 g/mol. The first-order valence-corrected chi connectivity index (χ1v) is 13.6. The van der Waals surface area contributed by atoms with Crippen molar-refractivity contribution in [1.82, 2.24) is 14.7 Å². The number of piperazine rings is 1. The van der Waals surface area contributed by atoms with E-state index in [4.69, 9.17) is 0 Å². The second-order valence-corrected chi connectivity index (χ2v) is 10.3. The molecule has 4 aromatic rings. The van der Waals surface area contributed by atoms with Gasteiger partial charge in [-0.15, -0.1) is 0 Å². The van der Waals surface area contributed by atoms with Crippen LogP contribution in [0, 0.1) is 5.82 Å². The van der Waals surface area contributed by atoms with E-state index in [9.17, 15) is 14.0 Å². The number of rotatable bonds is 7. The van der Waals surface area contributed by atoms with Gasteiger partial charge in [0.15, 0.2) is 0 Å². The summed E-state index contributed by atoms with van der Waals surface area (Å²) in [6.07, 6.45) is -0.381. The van der Waals surface area contributed by atoms with Gasteiger partial charge in [0, 0.05) is 61.6 Å². The first-order valence-electron chi connectivity index (χ1n) is 13.6. The van der Waals surface area contributed by atoms with Crippen LogP contribution in [0.15, 0.2) is 103 Å². The van der Waals surface area contributed by atoms with Crippen LogP contribution in [-0.4, -0.2) is 52.7 Å². The lowest BCUT2D eigenvalue weighted by molar-refractivity contribution is 0.0628. The molecule has 1 atom stereocenters. The Kier molecular flexibility index (Phi) is 7.29. The van der Waals surface area contributed by atoms with Crippen molar-refractivity contribution in [1.29, 1.82) is 0 Å². The molecule has 6 nitrogen and oxygen atoms in total. The van der Waals surface area contributed by atoms with Gasteiger partial charge in [-0.3, -0.25) is 14.5 Å². The molecule has 1 N–H and O–H groups in total. The van der Waals surface area contributed by atoms with E-state index in [0.717, 1.165) is 36.4 Å². The molecule has 0 aromatic heterocycles. The van der Waals surface area contributed by atoms with Gasteiger partial charge in [-0.25, -0.2) is 4.39 Å². The number of hydrogen-bond donors (Lipinski definition) is 1. The SMILES string of the molecule is O=C(c1ccc(N[C@@H]2c3ccccc3C(=O)N2Cc2ccc(F)cc2)cc1)N1CCN(Cc2ccccc2)CC1. The molecule has 202 valence electrons. The molecule has 0 bridgehead atoms. The molecule has 7 heteroatoms. The van der Waals surface area contributed by atoms with Crippen molar-refractivity contribution in [3.05, 3.63) is 137 Å². The summed E-state index contributed by atoms with van der Waals surface area (Å²) in [5.74, 6) is -0.348. The summed E-state index contributed by atoms with van der Waals surface area (Å²) in [7, 11) is 0. The maximum Gasteiger partial charge on any atom is 0.256 e. The predicted molar refractivity (Wildman–Crippen MR) is 153 cm³/mol. The first kappa shape index (κ1) is 25.8. The number of amides is 2. The van der Waals surface area contributed by atoms with Gasteiger partial charge in [0.1, 0.15) is 12.0 Å². The highest BCUT2D eigenvalue weighted by Gasteiger charge is 2.36. The fraction of sp³-hybridized carbons (Fsp3) is 0.212. The smallest absolute Gasteiger partial charge is 0.256 e. The van der Waals surface area contributed by atoms with E-state index < -0.39 is 0 Å². The highest BCUT2D eigenvalue weighted by atomic mass is 19.1. The fourth-order valence-corrected chi connectivity index (χ4v) is 5.48. The molecular weight excluding hydrogens is 503 g/mol. The van der Waals surface area contributed by atoms with E-state index in [-0.39, 0.29) is 23.8 Å². The maximum absolute atomic E-state index is 13.4.